The van der Waals surface area contributed by atoms with Crippen LogP contribution < -0.4 is 0 Å². The number of hydrogen-bond acceptors (Lipinski definition) is 1. The summed E-state index contributed by atoms with van der Waals surface area (Å²) in [6.45, 7) is 1.93. The normalized spacial score (nSPS) is 9.71. The van der Waals surface area contributed by atoms with E-state index in [4.69, 9.17) is 6.42 Å². The lowest BCUT2D eigenvalue weighted by atomic mass is 10.1. The highest BCUT2D eigenvalue weighted by Crippen LogP contribution is 2.08. The van der Waals surface area contributed by atoms with E-state index < -0.39 is 0 Å². The first kappa shape index (κ1) is 13.2. The Kier molecular flexibility index (Phi) is 9.74. The van der Waals surface area contributed by atoms with Crippen molar-refractivity contribution in [2.45, 2.75) is 64.7 Å². The van der Waals surface area contributed by atoms with Gasteiger partial charge in [0.1, 0.15) is 5.78 Å². The summed E-state index contributed by atoms with van der Waals surface area (Å²) < 4.78 is 0. The molecule has 0 saturated heterocycles. The van der Waals surface area contributed by atoms with E-state index in [0.29, 0.717) is 12.2 Å². The van der Waals surface area contributed by atoms with Gasteiger partial charge in [0.05, 0.1) is 0 Å². The first-order chi connectivity index (χ1) is 6.81. The summed E-state index contributed by atoms with van der Waals surface area (Å²) in [6, 6.07) is 0. The van der Waals surface area contributed by atoms with Gasteiger partial charge in [0, 0.05) is 19.3 Å². The van der Waals surface area contributed by atoms with Crippen LogP contribution in [0.2, 0.25) is 0 Å². The Labute approximate surface area is 88.3 Å². The summed E-state index contributed by atoms with van der Waals surface area (Å²) in [5.41, 5.74) is 0. The monoisotopic (exact) mass is 194 g/mol. The van der Waals surface area contributed by atoms with E-state index in [1.165, 1.54) is 25.7 Å². The molecule has 1 nitrogen and oxygen atoms in total. The fourth-order valence-electron chi connectivity index (χ4n) is 1.43. The van der Waals surface area contributed by atoms with Crippen molar-refractivity contribution in [1.29, 1.82) is 0 Å². The maximum Gasteiger partial charge on any atom is 0.132 e. The van der Waals surface area contributed by atoms with E-state index in [2.05, 4.69) is 5.92 Å². The molecule has 0 bridgehead atoms. The molecular weight excluding hydrogens is 172 g/mol. The molecule has 0 aromatic rings. The van der Waals surface area contributed by atoms with Gasteiger partial charge in [-0.25, -0.2) is 0 Å². The number of carbonyl (C=O) groups excluding carboxylic acids is 1. The van der Waals surface area contributed by atoms with Crippen molar-refractivity contribution in [2.75, 3.05) is 0 Å². The molecule has 0 aliphatic heterocycles. The van der Waals surface area contributed by atoms with Crippen molar-refractivity contribution >= 4 is 5.78 Å². The molecule has 1 heteroatoms. The SMILES string of the molecule is C#CCCCCCCCCC(=O)CC. The number of carbonyl (C=O) groups is 1. The minimum absolute atomic E-state index is 0.400. The summed E-state index contributed by atoms with van der Waals surface area (Å²) in [6.07, 6.45) is 14.7. The highest BCUT2D eigenvalue weighted by Gasteiger charge is 1.97. The molecule has 0 aromatic carbocycles. The molecule has 80 valence electrons. The van der Waals surface area contributed by atoms with E-state index in [1.54, 1.807) is 0 Å². The minimum Gasteiger partial charge on any atom is -0.300 e. The molecular formula is C13H22O. The fourth-order valence-corrected chi connectivity index (χ4v) is 1.43. The summed E-state index contributed by atoms with van der Waals surface area (Å²) in [7, 11) is 0. The average molecular weight is 194 g/mol. The van der Waals surface area contributed by atoms with Gasteiger partial charge < -0.3 is 0 Å². The van der Waals surface area contributed by atoms with Crippen LogP contribution in [0.15, 0.2) is 0 Å². The van der Waals surface area contributed by atoms with Crippen LogP contribution in [-0.2, 0) is 4.79 Å². The van der Waals surface area contributed by atoms with Crippen LogP contribution in [0, 0.1) is 12.3 Å². The van der Waals surface area contributed by atoms with Crippen LogP contribution in [-0.4, -0.2) is 5.78 Å². The second-order valence-electron chi connectivity index (χ2n) is 3.72. The molecule has 0 N–H and O–H groups in total. The maximum absolute atomic E-state index is 11.0. The van der Waals surface area contributed by atoms with E-state index in [0.717, 1.165) is 25.7 Å². The molecule has 0 unspecified atom stereocenters. The maximum atomic E-state index is 11.0. The van der Waals surface area contributed by atoms with E-state index in [1.807, 2.05) is 6.92 Å². The van der Waals surface area contributed by atoms with Crippen molar-refractivity contribution in [2.24, 2.45) is 0 Å². The number of ketones is 1. The first-order valence-corrected chi connectivity index (χ1v) is 5.76. The molecule has 0 aliphatic rings. The second kappa shape index (κ2) is 10.3. The predicted molar refractivity (Wildman–Crippen MR) is 61.1 cm³/mol. The minimum atomic E-state index is 0.400. The van der Waals surface area contributed by atoms with Gasteiger partial charge in [0.25, 0.3) is 0 Å². The van der Waals surface area contributed by atoms with Crippen LogP contribution in [0.1, 0.15) is 64.7 Å². The van der Waals surface area contributed by atoms with Crippen molar-refractivity contribution in [3.05, 3.63) is 0 Å². The largest absolute Gasteiger partial charge is 0.300 e. The summed E-state index contributed by atoms with van der Waals surface area (Å²) in [5, 5.41) is 0. The van der Waals surface area contributed by atoms with E-state index >= 15 is 0 Å². The van der Waals surface area contributed by atoms with Gasteiger partial charge in [-0.1, -0.05) is 32.6 Å². The molecule has 0 fully saturated rings. The summed E-state index contributed by atoms with van der Waals surface area (Å²) in [5.74, 6) is 3.05. The van der Waals surface area contributed by atoms with Gasteiger partial charge in [0.15, 0.2) is 0 Å². The highest BCUT2D eigenvalue weighted by atomic mass is 16.1. The van der Waals surface area contributed by atoms with Gasteiger partial charge in [-0.3, -0.25) is 4.79 Å². The van der Waals surface area contributed by atoms with Crippen LogP contribution in [0.3, 0.4) is 0 Å². The van der Waals surface area contributed by atoms with Gasteiger partial charge in [-0.05, 0) is 12.8 Å². The number of rotatable bonds is 9. The van der Waals surface area contributed by atoms with Crippen molar-refractivity contribution in [1.82, 2.24) is 0 Å². The molecule has 0 heterocycles. The van der Waals surface area contributed by atoms with E-state index in [9.17, 15) is 4.79 Å². The lowest BCUT2D eigenvalue weighted by Gasteiger charge is -1.99. The Morgan fingerprint density at radius 2 is 1.64 bits per heavy atom. The Bertz CT molecular complexity index is 176. The van der Waals surface area contributed by atoms with Gasteiger partial charge in [-0.2, -0.15) is 0 Å². The van der Waals surface area contributed by atoms with Crippen LogP contribution >= 0.6 is 0 Å². The first-order valence-electron chi connectivity index (χ1n) is 5.76. The second-order valence-corrected chi connectivity index (χ2v) is 3.72. The predicted octanol–water partition coefficient (Wildman–Crippen LogP) is 3.72. The third kappa shape index (κ3) is 9.32. The quantitative estimate of drug-likeness (QED) is 0.404. The lowest BCUT2D eigenvalue weighted by molar-refractivity contribution is -0.118. The molecule has 0 rings (SSSR count). The molecule has 0 saturated carbocycles. The Morgan fingerprint density at radius 3 is 2.21 bits per heavy atom. The molecule has 0 aromatic heterocycles. The molecule has 0 radical (unpaired) electrons. The standard InChI is InChI=1S/C13H22O/c1-3-5-6-7-8-9-10-11-12-13(14)4-2/h1H,4-12H2,2H3. The van der Waals surface area contributed by atoms with Crippen molar-refractivity contribution in [3.63, 3.8) is 0 Å². The molecule has 0 spiro atoms. The zero-order chi connectivity index (χ0) is 10.6. The molecule has 0 aliphatic carbocycles. The Hall–Kier alpha value is -0.770. The number of hydrogen-bond donors (Lipinski definition) is 0. The highest BCUT2D eigenvalue weighted by molar-refractivity contribution is 5.77. The van der Waals surface area contributed by atoms with Gasteiger partial charge in [0.2, 0.25) is 0 Å². The number of terminal acetylenes is 1. The molecule has 14 heavy (non-hydrogen) atoms. The third-order valence-corrected chi connectivity index (χ3v) is 2.42. The van der Waals surface area contributed by atoms with Crippen molar-refractivity contribution in [3.8, 4) is 12.3 Å². The topological polar surface area (TPSA) is 17.1 Å². The van der Waals surface area contributed by atoms with Crippen LogP contribution in [0.4, 0.5) is 0 Å². The Morgan fingerprint density at radius 1 is 1.07 bits per heavy atom. The van der Waals surface area contributed by atoms with Crippen LogP contribution in [0.5, 0.6) is 0 Å². The average Bonchev–Trinajstić information content (AvgIpc) is 2.21. The number of Topliss-reactive ketones (excluding diaryl/α,β-unsaturated/α-hetero) is 1. The summed E-state index contributed by atoms with van der Waals surface area (Å²) >= 11 is 0. The van der Waals surface area contributed by atoms with E-state index in [-0.39, 0.29) is 0 Å². The number of unbranched alkanes of at least 4 members (excludes halogenated alkanes) is 6. The Balaban J connectivity index is 3.00. The molecule has 0 atom stereocenters. The van der Waals surface area contributed by atoms with Gasteiger partial charge in [-0.15, -0.1) is 12.3 Å². The fraction of sp³-hybridized carbons (Fsp3) is 0.769. The van der Waals surface area contributed by atoms with Crippen molar-refractivity contribution < 1.29 is 4.79 Å². The lowest BCUT2D eigenvalue weighted by Crippen LogP contribution is -1.94. The summed E-state index contributed by atoms with van der Waals surface area (Å²) in [4.78, 5) is 11.0. The zero-order valence-electron chi connectivity index (χ0n) is 9.35. The third-order valence-electron chi connectivity index (χ3n) is 2.42. The van der Waals surface area contributed by atoms with Crippen LogP contribution in [0.25, 0.3) is 0 Å². The molecule has 0 amide bonds. The zero-order valence-corrected chi connectivity index (χ0v) is 9.35. The smallest absolute Gasteiger partial charge is 0.132 e. The van der Waals surface area contributed by atoms with Gasteiger partial charge >= 0.3 is 0 Å².